The minimum absolute atomic E-state index is 0.179. The molecule has 1 saturated heterocycles. The fourth-order valence-corrected chi connectivity index (χ4v) is 4.65. The highest BCUT2D eigenvalue weighted by molar-refractivity contribution is 7.89. The van der Waals surface area contributed by atoms with Crippen LogP contribution in [0.15, 0.2) is 33.7 Å². The number of nitrogens with zero attached hydrogens (tertiary/aromatic N) is 2. The first-order valence-electron chi connectivity index (χ1n) is 8.14. The molecule has 0 unspecified atom stereocenters. The van der Waals surface area contributed by atoms with Gasteiger partial charge < -0.3 is 9.26 Å². The van der Waals surface area contributed by atoms with Gasteiger partial charge in [-0.3, -0.25) is 0 Å². The third kappa shape index (κ3) is 3.32. The molecule has 3 rings (SSSR count). The molecule has 1 aliphatic rings. The predicted octanol–water partition coefficient (Wildman–Crippen LogP) is 3.22. The van der Waals surface area contributed by atoms with E-state index in [-0.39, 0.29) is 4.90 Å². The minimum atomic E-state index is -3.61. The summed E-state index contributed by atoms with van der Waals surface area (Å²) in [6.07, 6.45) is 3.92. The number of aryl methyl sites for hydroxylation is 1. The first-order chi connectivity index (χ1) is 11.5. The van der Waals surface area contributed by atoms with Crippen LogP contribution in [0.4, 0.5) is 0 Å². The van der Waals surface area contributed by atoms with Crippen LogP contribution in [0.25, 0.3) is 11.3 Å². The maximum atomic E-state index is 13.1. The summed E-state index contributed by atoms with van der Waals surface area (Å²) in [4.78, 5) is 0.179. The smallest absolute Gasteiger partial charge is 0.246 e. The van der Waals surface area contributed by atoms with Gasteiger partial charge in [0.1, 0.15) is 10.6 Å². The summed E-state index contributed by atoms with van der Waals surface area (Å²) < 4.78 is 38.3. The van der Waals surface area contributed by atoms with Crippen molar-refractivity contribution in [3.05, 3.63) is 30.0 Å². The SMILES string of the molecule is COc1ccc(-c2cc(C)no2)cc1S(=O)(=O)N1CCCCCC1. The molecule has 0 bridgehead atoms. The van der Waals surface area contributed by atoms with Gasteiger partial charge in [-0.05, 0) is 38.0 Å². The molecule has 0 atom stereocenters. The second-order valence-electron chi connectivity index (χ2n) is 6.02. The quantitative estimate of drug-likeness (QED) is 0.846. The molecule has 1 fully saturated rings. The van der Waals surface area contributed by atoms with E-state index in [0.717, 1.165) is 31.4 Å². The van der Waals surface area contributed by atoms with Crippen molar-refractivity contribution in [2.24, 2.45) is 0 Å². The summed E-state index contributed by atoms with van der Waals surface area (Å²) in [6, 6.07) is 6.83. The highest BCUT2D eigenvalue weighted by atomic mass is 32.2. The Bertz CT molecular complexity index is 806. The molecule has 0 aliphatic carbocycles. The van der Waals surface area contributed by atoms with Crippen LogP contribution in [0, 0.1) is 6.92 Å². The van der Waals surface area contributed by atoms with E-state index in [9.17, 15) is 8.42 Å². The van der Waals surface area contributed by atoms with E-state index < -0.39 is 10.0 Å². The minimum Gasteiger partial charge on any atom is -0.495 e. The Labute approximate surface area is 142 Å². The molecule has 7 heteroatoms. The number of methoxy groups -OCH3 is 1. The molecule has 1 aliphatic heterocycles. The van der Waals surface area contributed by atoms with E-state index in [1.807, 2.05) is 6.92 Å². The standard InChI is InChI=1S/C17H22N2O4S/c1-13-11-16(23-18-13)14-7-8-15(22-2)17(12-14)24(20,21)19-9-5-3-4-6-10-19/h7-8,11-12H,3-6,9-10H2,1-2H3. The summed E-state index contributed by atoms with van der Waals surface area (Å²) in [5, 5.41) is 3.86. The fourth-order valence-electron chi connectivity index (χ4n) is 2.95. The molecule has 0 spiro atoms. The molecule has 0 radical (unpaired) electrons. The Morgan fingerprint density at radius 2 is 1.83 bits per heavy atom. The Kier molecular flexibility index (Phi) is 4.91. The second-order valence-corrected chi connectivity index (χ2v) is 7.92. The number of hydrogen-bond acceptors (Lipinski definition) is 5. The van der Waals surface area contributed by atoms with Crippen LogP contribution in [0.3, 0.4) is 0 Å². The lowest BCUT2D eigenvalue weighted by Crippen LogP contribution is -2.32. The largest absolute Gasteiger partial charge is 0.495 e. The van der Waals surface area contributed by atoms with Gasteiger partial charge in [0, 0.05) is 24.7 Å². The molecule has 0 N–H and O–H groups in total. The average Bonchev–Trinajstić information content (AvgIpc) is 2.84. The monoisotopic (exact) mass is 350 g/mol. The third-order valence-electron chi connectivity index (χ3n) is 4.26. The number of aromatic nitrogens is 1. The van der Waals surface area contributed by atoms with Gasteiger partial charge in [0.15, 0.2) is 5.76 Å². The fraction of sp³-hybridized carbons (Fsp3) is 0.471. The molecule has 2 heterocycles. The molecule has 1 aromatic heterocycles. The van der Waals surface area contributed by atoms with Crippen LogP contribution in [0.1, 0.15) is 31.4 Å². The van der Waals surface area contributed by atoms with Crippen LogP contribution in [-0.2, 0) is 10.0 Å². The van der Waals surface area contributed by atoms with Crippen molar-refractivity contribution >= 4 is 10.0 Å². The molecule has 130 valence electrons. The third-order valence-corrected chi connectivity index (χ3v) is 6.18. The molecular weight excluding hydrogens is 328 g/mol. The highest BCUT2D eigenvalue weighted by Crippen LogP contribution is 2.33. The molecule has 6 nitrogen and oxygen atoms in total. The number of benzene rings is 1. The maximum Gasteiger partial charge on any atom is 0.246 e. The number of rotatable bonds is 4. The van der Waals surface area contributed by atoms with Crippen molar-refractivity contribution < 1.29 is 17.7 Å². The van der Waals surface area contributed by atoms with Crippen LogP contribution in [0.2, 0.25) is 0 Å². The first-order valence-corrected chi connectivity index (χ1v) is 9.58. The van der Waals surface area contributed by atoms with E-state index >= 15 is 0 Å². The lowest BCUT2D eigenvalue weighted by atomic mass is 10.1. The molecule has 0 saturated carbocycles. The summed E-state index contributed by atoms with van der Waals surface area (Å²) >= 11 is 0. The predicted molar refractivity (Wildman–Crippen MR) is 90.5 cm³/mol. The summed E-state index contributed by atoms with van der Waals surface area (Å²) in [5.74, 6) is 0.890. The lowest BCUT2D eigenvalue weighted by molar-refractivity contribution is 0.391. The summed E-state index contributed by atoms with van der Waals surface area (Å²) in [5.41, 5.74) is 1.42. The summed E-state index contributed by atoms with van der Waals surface area (Å²) in [7, 11) is -2.12. The Hall–Kier alpha value is -1.86. The van der Waals surface area contributed by atoms with Gasteiger partial charge >= 0.3 is 0 Å². The van der Waals surface area contributed by atoms with Crippen molar-refractivity contribution in [1.29, 1.82) is 0 Å². The van der Waals surface area contributed by atoms with Crippen molar-refractivity contribution in [3.8, 4) is 17.1 Å². The van der Waals surface area contributed by atoms with Gasteiger partial charge in [-0.1, -0.05) is 18.0 Å². The van der Waals surface area contributed by atoms with E-state index in [0.29, 0.717) is 30.2 Å². The van der Waals surface area contributed by atoms with Gasteiger partial charge in [-0.25, -0.2) is 8.42 Å². The van der Waals surface area contributed by atoms with Crippen LogP contribution in [-0.4, -0.2) is 38.1 Å². The Balaban J connectivity index is 2.04. The zero-order valence-corrected chi connectivity index (χ0v) is 14.8. The van der Waals surface area contributed by atoms with Crippen molar-refractivity contribution in [3.63, 3.8) is 0 Å². The van der Waals surface area contributed by atoms with Crippen molar-refractivity contribution in [2.75, 3.05) is 20.2 Å². The Morgan fingerprint density at radius 1 is 1.12 bits per heavy atom. The summed E-state index contributed by atoms with van der Waals surface area (Å²) in [6.45, 7) is 2.93. The van der Waals surface area contributed by atoms with Gasteiger partial charge in [0.05, 0.1) is 12.8 Å². The molecule has 1 aromatic carbocycles. The molecule has 0 amide bonds. The van der Waals surface area contributed by atoms with Gasteiger partial charge in [-0.15, -0.1) is 0 Å². The van der Waals surface area contributed by atoms with Crippen LogP contribution in [0.5, 0.6) is 5.75 Å². The number of sulfonamides is 1. The van der Waals surface area contributed by atoms with E-state index in [1.165, 1.54) is 7.11 Å². The van der Waals surface area contributed by atoms with E-state index in [2.05, 4.69) is 5.16 Å². The van der Waals surface area contributed by atoms with Gasteiger partial charge in [-0.2, -0.15) is 4.31 Å². The molecular formula is C17H22N2O4S. The van der Waals surface area contributed by atoms with Gasteiger partial charge in [0.2, 0.25) is 10.0 Å². The molecule has 2 aromatic rings. The van der Waals surface area contributed by atoms with E-state index in [4.69, 9.17) is 9.26 Å². The van der Waals surface area contributed by atoms with Crippen LogP contribution < -0.4 is 4.74 Å². The maximum absolute atomic E-state index is 13.1. The van der Waals surface area contributed by atoms with E-state index in [1.54, 1.807) is 28.6 Å². The molecule has 24 heavy (non-hydrogen) atoms. The number of ether oxygens (including phenoxy) is 1. The first kappa shape index (κ1) is 17.0. The average molecular weight is 350 g/mol. The number of hydrogen-bond donors (Lipinski definition) is 0. The van der Waals surface area contributed by atoms with Gasteiger partial charge in [0.25, 0.3) is 0 Å². The zero-order valence-electron chi connectivity index (χ0n) is 14.0. The zero-order chi connectivity index (χ0) is 17.2. The van der Waals surface area contributed by atoms with Crippen molar-refractivity contribution in [2.45, 2.75) is 37.5 Å². The topological polar surface area (TPSA) is 72.6 Å². The normalized spacial score (nSPS) is 16.8. The van der Waals surface area contributed by atoms with Crippen molar-refractivity contribution in [1.82, 2.24) is 9.46 Å². The second kappa shape index (κ2) is 6.94. The van der Waals surface area contributed by atoms with Crippen LogP contribution >= 0.6 is 0 Å². The highest BCUT2D eigenvalue weighted by Gasteiger charge is 2.29. The Morgan fingerprint density at radius 3 is 2.42 bits per heavy atom. The lowest BCUT2D eigenvalue weighted by Gasteiger charge is -2.21.